The number of nitrogens with one attached hydrogen (secondary N) is 1. The van der Waals surface area contributed by atoms with Crippen molar-refractivity contribution in [3.63, 3.8) is 0 Å². The van der Waals surface area contributed by atoms with Crippen molar-refractivity contribution in [1.82, 2.24) is 4.90 Å². The van der Waals surface area contributed by atoms with E-state index < -0.39 is 0 Å². The summed E-state index contributed by atoms with van der Waals surface area (Å²) in [6.07, 6.45) is 2.44. The molecule has 21 heavy (non-hydrogen) atoms. The molecule has 1 N–H and O–H groups in total. The first kappa shape index (κ1) is 14.6. The minimum Gasteiger partial charge on any atom is -0.385 e. The standard InChI is InChI=1S/C18H21BrN2/c1-21(12-14-4-2-6-17(19)11-14)13-15-7-8-18-16(10-15)5-3-9-20-18/h2,4,6-8,10-11,20H,3,5,9,12-13H2,1H3. The summed E-state index contributed by atoms with van der Waals surface area (Å²) in [6.45, 7) is 3.06. The van der Waals surface area contributed by atoms with Gasteiger partial charge in [-0.15, -0.1) is 0 Å². The van der Waals surface area contributed by atoms with Crippen LogP contribution in [0.1, 0.15) is 23.1 Å². The first-order valence-electron chi connectivity index (χ1n) is 7.49. The molecule has 0 amide bonds. The van der Waals surface area contributed by atoms with Crippen LogP contribution in [-0.2, 0) is 19.5 Å². The fraction of sp³-hybridized carbons (Fsp3) is 0.333. The molecule has 2 nitrogen and oxygen atoms in total. The highest BCUT2D eigenvalue weighted by Gasteiger charge is 2.10. The molecule has 0 aromatic heterocycles. The number of rotatable bonds is 4. The highest BCUT2D eigenvalue weighted by Crippen LogP contribution is 2.23. The molecule has 3 rings (SSSR count). The van der Waals surface area contributed by atoms with Gasteiger partial charge in [-0.25, -0.2) is 0 Å². The lowest BCUT2D eigenvalue weighted by atomic mass is 10.0. The van der Waals surface area contributed by atoms with E-state index in [1.165, 1.54) is 35.2 Å². The Hall–Kier alpha value is -1.32. The predicted molar refractivity (Wildman–Crippen MR) is 92.6 cm³/mol. The predicted octanol–water partition coefficient (Wildman–Crippen LogP) is 4.44. The van der Waals surface area contributed by atoms with Crippen LogP contribution in [0.3, 0.4) is 0 Å². The lowest BCUT2D eigenvalue weighted by Crippen LogP contribution is -2.18. The van der Waals surface area contributed by atoms with Gasteiger partial charge < -0.3 is 5.32 Å². The van der Waals surface area contributed by atoms with Crippen molar-refractivity contribution in [1.29, 1.82) is 0 Å². The highest BCUT2D eigenvalue weighted by atomic mass is 79.9. The number of nitrogens with zero attached hydrogens (tertiary/aromatic N) is 1. The Kier molecular flexibility index (Phi) is 4.61. The van der Waals surface area contributed by atoms with E-state index in [4.69, 9.17) is 0 Å². The summed E-state index contributed by atoms with van der Waals surface area (Å²) >= 11 is 3.53. The van der Waals surface area contributed by atoms with E-state index in [0.717, 1.165) is 24.1 Å². The molecule has 1 aliphatic heterocycles. The Labute approximate surface area is 135 Å². The van der Waals surface area contributed by atoms with Crippen molar-refractivity contribution in [3.05, 3.63) is 63.6 Å². The third-order valence-electron chi connectivity index (χ3n) is 3.90. The van der Waals surface area contributed by atoms with E-state index in [9.17, 15) is 0 Å². The first-order valence-corrected chi connectivity index (χ1v) is 8.29. The summed E-state index contributed by atoms with van der Waals surface area (Å²) < 4.78 is 1.15. The van der Waals surface area contributed by atoms with Crippen LogP contribution in [-0.4, -0.2) is 18.5 Å². The van der Waals surface area contributed by atoms with Crippen LogP contribution in [0, 0.1) is 0 Å². The molecule has 0 bridgehead atoms. The number of aryl methyl sites for hydroxylation is 1. The van der Waals surface area contributed by atoms with E-state index in [1.54, 1.807) is 0 Å². The quantitative estimate of drug-likeness (QED) is 0.881. The number of benzene rings is 2. The van der Waals surface area contributed by atoms with Crippen LogP contribution in [0.2, 0.25) is 0 Å². The summed E-state index contributed by atoms with van der Waals surface area (Å²) in [5, 5.41) is 3.47. The second kappa shape index (κ2) is 6.63. The lowest BCUT2D eigenvalue weighted by Gasteiger charge is -2.21. The van der Waals surface area contributed by atoms with Crippen LogP contribution in [0.25, 0.3) is 0 Å². The van der Waals surface area contributed by atoms with Gasteiger partial charge in [-0.05, 0) is 54.8 Å². The first-order chi connectivity index (χ1) is 10.2. The summed E-state index contributed by atoms with van der Waals surface area (Å²) in [5.41, 5.74) is 5.52. The van der Waals surface area contributed by atoms with Gasteiger partial charge in [0.05, 0.1) is 0 Å². The molecular weight excluding hydrogens is 324 g/mol. The Balaban J connectivity index is 1.65. The van der Waals surface area contributed by atoms with Crippen LogP contribution in [0.5, 0.6) is 0 Å². The minimum atomic E-state index is 0.967. The van der Waals surface area contributed by atoms with Gasteiger partial charge in [0.2, 0.25) is 0 Å². The van der Waals surface area contributed by atoms with E-state index in [1.807, 2.05) is 0 Å². The van der Waals surface area contributed by atoms with E-state index in [2.05, 4.69) is 75.7 Å². The van der Waals surface area contributed by atoms with Gasteiger partial charge in [-0.1, -0.05) is 40.2 Å². The number of halogens is 1. The van der Waals surface area contributed by atoms with Gasteiger partial charge in [-0.3, -0.25) is 4.90 Å². The van der Waals surface area contributed by atoms with Crippen LogP contribution < -0.4 is 5.32 Å². The monoisotopic (exact) mass is 344 g/mol. The van der Waals surface area contributed by atoms with Crippen molar-refractivity contribution in [3.8, 4) is 0 Å². The molecule has 0 saturated carbocycles. The summed E-state index contributed by atoms with van der Waals surface area (Å²) in [4.78, 5) is 2.36. The molecule has 0 spiro atoms. The average molecular weight is 345 g/mol. The molecule has 0 radical (unpaired) electrons. The van der Waals surface area contributed by atoms with Crippen LogP contribution in [0.15, 0.2) is 46.9 Å². The van der Waals surface area contributed by atoms with Crippen molar-refractivity contribution < 1.29 is 0 Å². The maximum atomic E-state index is 3.53. The van der Waals surface area contributed by atoms with Gasteiger partial charge >= 0.3 is 0 Å². The topological polar surface area (TPSA) is 15.3 Å². The minimum absolute atomic E-state index is 0.967. The third-order valence-corrected chi connectivity index (χ3v) is 4.40. The maximum absolute atomic E-state index is 3.53. The molecule has 1 heterocycles. The van der Waals surface area contributed by atoms with Gasteiger partial charge in [0, 0.05) is 29.8 Å². The Bertz CT molecular complexity index is 624. The number of hydrogen-bond acceptors (Lipinski definition) is 2. The molecule has 0 saturated heterocycles. The van der Waals surface area contributed by atoms with Gasteiger partial charge in [0.25, 0.3) is 0 Å². The largest absolute Gasteiger partial charge is 0.385 e. The fourth-order valence-corrected chi connectivity index (χ4v) is 3.39. The van der Waals surface area contributed by atoms with Crippen LogP contribution in [0.4, 0.5) is 5.69 Å². The molecule has 3 heteroatoms. The summed E-state index contributed by atoms with van der Waals surface area (Å²) in [6, 6.07) is 15.4. The summed E-state index contributed by atoms with van der Waals surface area (Å²) in [5.74, 6) is 0. The molecule has 0 fully saturated rings. The second-order valence-electron chi connectivity index (χ2n) is 5.82. The van der Waals surface area contributed by atoms with Gasteiger partial charge in [0.1, 0.15) is 0 Å². The molecule has 0 aliphatic carbocycles. The third kappa shape index (κ3) is 3.86. The normalized spacial score (nSPS) is 13.9. The SMILES string of the molecule is CN(Cc1cccc(Br)c1)Cc1ccc2c(c1)CCCN2. The number of anilines is 1. The van der Waals surface area contributed by atoms with Crippen molar-refractivity contribution >= 4 is 21.6 Å². The fourth-order valence-electron chi connectivity index (χ4n) is 2.94. The average Bonchev–Trinajstić information content (AvgIpc) is 2.47. The Morgan fingerprint density at radius 1 is 1.10 bits per heavy atom. The number of hydrogen-bond donors (Lipinski definition) is 1. The zero-order valence-electron chi connectivity index (χ0n) is 12.4. The molecule has 2 aromatic rings. The second-order valence-corrected chi connectivity index (χ2v) is 6.74. The molecule has 1 aliphatic rings. The van der Waals surface area contributed by atoms with Gasteiger partial charge in [0.15, 0.2) is 0 Å². The Morgan fingerprint density at radius 2 is 1.90 bits per heavy atom. The Morgan fingerprint density at radius 3 is 2.71 bits per heavy atom. The smallest absolute Gasteiger partial charge is 0.0372 e. The van der Waals surface area contributed by atoms with E-state index in [0.29, 0.717) is 0 Å². The zero-order valence-corrected chi connectivity index (χ0v) is 14.0. The molecule has 0 unspecified atom stereocenters. The molecule has 2 aromatic carbocycles. The molecule has 0 atom stereocenters. The van der Waals surface area contributed by atoms with Crippen LogP contribution >= 0.6 is 15.9 Å². The van der Waals surface area contributed by atoms with Crippen molar-refractivity contribution in [2.75, 3.05) is 18.9 Å². The van der Waals surface area contributed by atoms with Crippen molar-refractivity contribution in [2.45, 2.75) is 25.9 Å². The maximum Gasteiger partial charge on any atom is 0.0372 e. The van der Waals surface area contributed by atoms with Crippen molar-refractivity contribution in [2.24, 2.45) is 0 Å². The highest BCUT2D eigenvalue weighted by molar-refractivity contribution is 9.10. The molecule has 110 valence electrons. The molecular formula is C18H21BrN2. The van der Waals surface area contributed by atoms with Gasteiger partial charge in [-0.2, -0.15) is 0 Å². The summed E-state index contributed by atoms with van der Waals surface area (Å²) in [7, 11) is 2.18. The van der Waals surface area contributed by atoms with E-state index in [-0.39, 0.29) is 0 Å². The van der Waals surface area contributed by atoms with E-state index >= 15 is 0 Å². The zero-order chi connectivity index (χ0) is 14.7. The lowest BCUT2D eigenvalue weighted by molar-refractivity contribution is 0.319. The number of fused-ring (bicyclic) bond motifs is 1.